The van der Waals surface area contributed by atoms with Gasteiger partial charge in [0.25, 0.3) is 0 Å². The van der Waals surface area contributed by atoms with E-state index in [4.69, 9.17) is 5.11 Å². The van der Waals surface area contributed by atoms with Crippen LogP contribution in [0.5, 0.6) is 0 Å². The number of benzene rings is 1. The molecule has 2 saturated heterocycles. The Hall–Kier alpha value is -4.64. The number of alkyl halides is 6. The highest BCUT2D eigenvalue weighted by molar-refractivity contribution is 5.87. The molecule has 18 heteroatoms. The second-order valence-corrected chi connectivity index (χ2v) is 12.4. The van der Waals surface area contributed by atoms with E-state index in [1.54, 1.807) is 4.90 Å². The number of amides is 2. The van der Waals surface area contributed by atoms with Crippen LogP contribution in [0.15, 0.2) is 30.3 Å². The zero-order chi connectivity index (χ0) is 36.6. The van der Waals surface area contributed by atoms with E-state index in [0.717, 1.165) is 12.1 Å². The molecular formula is C32H38F6N6O6. The number of hydrogen-bond donors (Lipinski definition) is 4. The molecule has 12 nitrogen and oxygen atoms in total. The first-order valence-corrected chi connectivity index (χ1v) is 16.2. The molecule has 0 aliphatic carbocycles. The quantitative estimate of drug-likeness (QED) is 0.196. The number of piperidine rings is 1. The number of nitrogens with one attached hydrogen (secondary N) is 2. The molecule has 1 aromatic heterocycles. The highest BCUT2D eigenvalue weighted by Crippen LogP contribution is 2.35. The number of aliphatic carboxylic acids is 2. The van der Waals surface area contributed by atoms with E-state index in [-0.39, 0.29) is 49.9 Å². The van der Waals surface area contributed by atoms with Crippen molar-refractivity contribution in [2.24, 2.45) is 5.92 Å². The summed E-state index contributed by atoms with van der Waals surface area (Å²) in [5.74, 6) is -4.61. The summed E-state index contributed by atoms with van der Waals surface area (Å²) >= 11 is 0. The van der Waals surface area contributed by atoms with Crippen LogP contribution in [0.2, 0.25) is 0 Å². The van der Waals surface area contributed by atoms with E-state index in [9.17, 15) is 50.6 Å². The van der Waals surface area contributed by atoms with Crippen molar-refractivity contribution in [3.05, 3.63) is 47.3 Å². The second kappa shape index (κ2) is 16.4. The van der Waals surface area contributed by atoms with Crippen molar-refractivity contribution in [1.82, 2.24) is 20.6 Å². The van der Waals surface area contributed by atoms with Gasteiger partial charge in [-0.05, 0) is 68.6 Å². The Bertz CT molecular complexity index is 1510. The number of carbonyl (C=O) groups excluding carboxylic acids is 2. The average Bonchev–Trinajstić information content (AvgIpc) is 3.02. The molecule has 0 bridgehead atoms. The molecule has 2 aliphatic heterocycles. The SMILES string of the molecule is O=C(O)CC[C@H](NC(=O)CCCC1CCN(c2cc(N3CC[C@H]3C(=O)NCCc3ccc(C(F)(F)F)cc3)nc(C(F)(F)F)n2)CC1)C(=O)O. The van der Waals surface area contributed by atoms with Gasteiger partial charge in [0.05, 0.1) is 5.56 Å². The van der Waals surface area contributed by atoms with Gasteiger partial charge < -0.3 is 30.6 Å². The second-order valence-electron chi connectivity index (χ2n) is 12.4. The first-order valence-electron chi connectivity index (χ1n) is 16.2. The number of carboxylic acids is 2. The van der Waals surface area contributed by atoms with Crippen molar-refractivity contribution in [2.75, 3.05) is 36.0 Å². The molecular weight excluding hydrogens is 678 g/mol. The maximum absolute atomic E-state index is 13.8. The largest absolute Gasteiger partial charge is 0.481 e. The van der Waals surface area contributed by atoms with Crippen molar-refractivity contribution in [3.8, 4) is 0 Å². The molecule has 274 valence electrons. The highest BCUT2D eigenvalue weighted by Gasteiger charge is 2.40. The predicted octanol–water partition coefficient (Wildman–Crippen LogP) is 4.27. The monoisotopic (exact) mass is 716 g/mol. The summed E-state index contributed by atoms with van der Waals surface area (Å²) in [5.41, 5.74) is -0.210. The van der Waals surface area contributed by atoms with Gasteiger partial charge in [0.15, 0.2) is 0 Å². The number of hydrogen-bond acceptors (Lipinski definition) is 8. The van der Waals surface area contributed by atoms with Gasteiger partial charge >= 0.3 is 24.3 Å². The maximum Gasteiger partial charge on any atom is 0.451 e. The van der Waals surface area contributed by atoms with Crippen LogP contribution in [0.3, 0.4) is 0 Å². The topological polar surface area (TPSA) is 165 Å². The summed E-state index contributed by atoms with van der Waals surface area (Å²) in [6.07, 6.45) is -7.00. The van der Waals surface area contributed by atoms with Crippen LogP contribution in [-0.4, -0.2) is 82.2 Å². The van der Waals surface area contributed by atoms with E-state index >= 15 is 0 Å². The molecule has 2 atom stereocenters. The van der Waals surface area contributed by atoms with E-state index in [1.807, 2.05) is 0 Å². The number of carboxylic acid groups (broad SMARTS) is 2. The van der Waals surface area contributed by atoms with Gasteiger partial charge in [0, 0.05) is 45.1 Å². The Kier molecular flexibility index (Phi) is 12.5. The molecule has 0 spiro atoms. The number of rotatable bonds is 15. The molecule has 0 radical (unpaired) electrons. The predicted molar refractivity (Wildman–Crippen MR) is 166 cm³/mol. The molecule has 50 heavy (non-hydrogen) atoms. The Labute approximate surface area is 283 Å². The molecule has 0 saturated carbocycles. The van der Waals surface area contributed by atoms with Crippen molar-refractivity contribution in [3.63, 3.8) is 0 Å². The van der Waals surface area contributed by atoms with Gasteiger partial charge in [-0.2, -0.15) is 26.3 Å². The van der Waals surface area contributed by atoms with Crippen LogP contribution < -0.4 is 20.4 Å². The van der Waals surface area contributed by atoms with E-state index < -0.39 is 66.0 Å². The van der Waals surface area contributed by atoms with Crippen molar-refractivity contribution >= 4 is 35.4 Å². The van der Waals surface area contributed by atoms with Gasteiger partial charge in [-0.25, -0.2) is 14.8 Å². The minimum atomic E-state index is -4.85. The van der Waals surface area contributed by atoms with E-state index in [1.165, 1.54) is 23.1 Å². The van der Waals surface area contributed by atoms with Crippen LogP contribution >= 0.6 is 0 Å². The summed E-state index contributed by atoms with van der Waals surface area (Å²) in [4.78, 5) is 57.8. The van der Waals surface area contributed by atoms with Crippen LogP contribution in [-0.2, 0) is 38.0 Å². The first-order chi connectivity index (χ1) is 23.5. The zero-order valence-corrected chi connectivity index (χ0v) is 26.9. The Morgan fingerprint density at radius 1 is 0.880 bits per heavy atom. The summed E-state index contributed by atoms with van der Waals surface area (Å²) in [5, 5.41) is 23.0. The van der Waals surface area contributed by atoms with Gasteiger partial charge in [-0.15, -0.1) is 0 Å². The van der Waals surface area contributed by atoms with Crippen LogP contribution in [0.25, 0.3) is 0 Å². The number of anilines is 2. The van der Waals surface area contributed by atoms with Gasteiger partial charge in [-0.1, -0.05) is 12.1 Å². The number of aromatic nitrogens is 2. The fraction of sp³-hybridized carbons (Fsp3) is 0.562. The summed E-state index contributed by atoms with van der Waals surface area (Å²) < 4.78 is 79.9. The molecule has 2 amide bonds. The Balaban J connectivity index is 1.29. The lowest BCUT2D eigenvalue weighted by Gasteiger charge is -2.41. The normalized spacial score (nSPS) is 17.5. The molecule has 4 N–H and O–H groups in total. The number of halogens is 6. The van der Waals surface area contributed by atoms with Gasteiger partial charge in [-0.3, -0.25) is 14.4 Å². The Morgan fingerprint density at radius 3 is 2.10 bits per heavy atom. The minimum Gasteiger partial charge on any atom is -0.481 e. The lowest BCUT2D eigenvalue weighted by molar-refractivity contribution is -0.145. The standard InChI is InChI=1S/C32H38F6N6O6/c33-31(34,35)21-6-4-20(5-7-21)10-14-39-28(48)23-13-17-44(23)25-18-24(41-30(42-25)32(36,37)38)43-15-11-19(12-16-43)2-1-3-26(45)40-22(29(49)50)8-9-27(46)47/h4-7,18-19,22-23H,1-3,8-17H2,(H,39,48)(H,40,45)(H,46,47)(H,49,50)/t22-,23-/m0/s1. The van der Waals surface area contributed by atoms with E-state index in [0.29, 0.717) is 50.8 Å². The third-order valence-electron chi connectivity index (χ3n) is 8.80. The third kappa shape index (κ3) is 10.7. The van der Waals surface area contributed by atoms with Crippen molar-refractivity contribution in [1.29, 1.82) is 0 Å². The van der Waals surface area contributed by atoms with Gasteiger partial charge in [0.1, 0.15) is 23.7 Å². The lowest BCUT2D eigenvalue weighted by Crippen LogP contribution is -2.57. The molecule has 4 rings (SSSR count). The van der Waals surface area contributed by atoms with Crippen LogP contribution in [0.4, 0.5) is 38.0 Å². The highest BCUT2D eigenvalue weighted by atomic mass is 19.4. The zero-order valence-electron chi connectivity index (χ0n) is 26.9. The van der Waals surface area contributed by atoms with Crippen LogP contribution in [0, 0.1) is 5.92 Å². The summed E-state index contributed by atoms with van der Waals surface area (Å²) in [7, 11) is 0. The summed E-state index contributed by atoms with van der Waals surface area (Å²) in [6.45, 7) is 1.17. The minimum absolute atomic E-state index is 0.0426. The van der Waals surface area contributed by atoms with E-state index in [2.05, 4.69) is 20.6 Å². The van der Waals surface area contributed by atoms with Crippen LogP contribution in [0.1, 0.15) is 68.3 Å². The molecule has 3 heterocycles. The van der Waals surface area contributed by atoms with Crippen molar-refractivity contribution < 1.29 is 55.7 Å². The fourth-order valence-electron chi connectivity index (χ4n) is 5.89. The molecule has 2 aromatic rings. The smallest absolute Gasteiger partial charge is 0.451 e. The maximum atomic E-state index is 13.8. The molecule has 2 aliphatic rings. The number of nitrogens with zero attached hydrogens (tertiary/aromatic N) is 4. The summed E-state index contributed by atoms with van der Waals surface area (Å²) in [6, 6.07) is 3.88. The van der Waals surface area contributed by atoms with Crippen molar-refractivity contribution in [2.45, 2.75) is 82.2 Å². The fourth-order valence-corrected chi connectivity index (χ4v) is 5.89. The number of carbonyl (C=O) groups is 4. The third-order valence-corrected chi connectivity index (χ3v) is 8.80. The molecule has 2 fully saturated rings. The molecule has 1 aromatic carbocycles. The lowest BCUT2D eigenvalue weighted by atomic mass is 9.91. The Morgan fingerprint density at radius 2 is 1.54 bits per heavy atom. The average molecular weight is 717 g/mol. The molecule has 0 unspecified atom stereocenters. The first kappa shape index (κ1) is 38.2. The van der Waals surface area contributed by atoms with Gasteiger partial charge in [0.2, 0.25) is 17.6 Å².